The second-order valence-electron chi connectivity index (χ2n) is 6.43. The first-order valence-corrected chi connectivity index (χ1v) is 9.22. The molecule has 0 atom stereocenters. The van der Waals surface area contributed by atoms with Gasteiger partial charge in [-0.05, 0) is 33.8 Å². The first kappa shape index (κ1) is 17.1. The van der Waals surface area contributed by atoms with Gasteiger partial charge in [0.2, 0.25) is 0 Å². The van der Waals surface area contributed by atoms with Gasteiger partial charge < -0.3 is 4.90 Å². The largest absolute Gasteiger partial charge is 0.335 e. The van der Waals surface area contributed by atoms with Crippen LogP contribution in [0.4, 0.5) is 0 Å². The highest BCUT2D eigenvalue weighted by Crippen LogP contribution is 2.20. The first-order valence-electron chi connectivity index (χ1n) is 8.41. The average molecular weight is 347 g/mol. The van der Waals surface area contributed by atoms with Crippen molar-refractivity contribution in [1.82, 2.24) is 24.6 Å². The van der Waals surface area contributed by atoms with E-state index in [0.717, 1.165) is 60.5 Å². The minimum atomic E-state index is 0.135. The molecule has 24 heavy (non-hydrogen) atoms. The molecular weight excluding hydrogens is 322 g/mol. The van der Waals surface area contributed by atoms with E-state index in [1.54, 1.807) is 0 Å². The number of carbonyl (C=O) groups excluding carboxylic acids is 1. The maximum absolute atomic E-state index is 12.6. The van der Waals surface area contributed by atoms with Gasteiger partial charge in [0.15, 0.2) is 0 Å². The summed E-state index contributed by atoms with van der Waals surface area (Å²) in [7, 11) is 0. The molecule has 3 heterocycles. The lowest BCUT2D eigenvalue weighted by molar-refractivity contribution is 0.0635. The Hall–Kier alpha value is -1.73. The van der Waals surface area contributed by atoms with Gasteiger partial charge in [0.1, 0.15) is 4.88 Å². The summed E-state index contributed by atoms with van der Waals surface area (Å²) in [5, 5.41) is 5.47. The van der Waals surface area contributed by atoms with Crippen LogP contribution in [0.15, 0.2) is 6.07 Å². The van der Waals surface area contributed by atoms with Crippen LogP contribution in [0.25, 0.3) is 0 Å². The Kier molecular flexibility index (Phi) is 5.01. The van der Waals surface area contributed by atoms with E-state index in [0.29, 0.717) is 0 Å². The fourth-order valence-electron chi connectivity index (χ4n) is 3.19. The molecule has 0 radical (unpaired) electrons. The molecule has 3 rings (SSSR count). The van der Waals surface area contributed by atoms with E-state index in [1.165, 1.54) is 17.0 Å². The number of nitrogens with zero attached hydrogens (tertiary/aromatic N) is 5. The Morgan fingerprint density at radius 3 is 2.38 bits per heavy atom. The number of amides is 1. The topological polar surface area (TPSA) is 54.3 Å². The van der Waals surface area contributed by atoms with Gasteiger partial charge >= 0.3 is 0 Å². The van der Waals surface area contributed by atoms with Crippen molar-refractivity contribution in [2.24, 2.45) is 0 Å². The Balaban J connectivity index is 1.51. The summed E-state index contributed by atoms with van der Waals surface area (Å²) in [6.45, 7) is 13.3. The van der Waals surface area contributed by atoms with Crippen molar-refractivity contribution >= 4 is 17.2 Å². The predicted octanol–water partition coefficient (Wildman–Crippen LogP) is 2.03. The Bertz CT molecular complexity index is 727. The third-order valence-corrected chi connectivity index (χ3v) is 5.55. The molecule has 1 fully saturated rings. The molecule has 0 unspecified atom stereocenters. The normalized spacial score (nSPS) is 15.9. The SMILES string of the molecule is Cc1cc(C)n(CCN2CCN(C(=O)c3sc(C)nc3C)CC2)n1. The molecule has 0 spiro atoms. The lowest BCUT2D eigenvalue weighted by Gasteiger charge is -2.34. The minimum absolute atomic E-state index is 0.135. The van der Waals surface area contributed by atoms with Crippen LogP contribution >= 0.6 is 11.3 Å². The van der Waals surface area contributed by atoms with Crippen LogP contribution in [-0.2, 0) is 6.54 Å². The maximum Gasteiger partial charge on any atom is 0.265 e. The summed E-state index contributed by atoms with van der Waals surface area (Å²) in [5.41, 5.74) is 3.13. The van der Waals surface area contributed by atoms with E-state index in [9.17, 15) is 4.79 Å². The van der Waals surface area contributed by atoms with E-state index >= 15 is 0 Å². The highest BCUT2D eigenvalue weighted by molar-refractivity contribution is 7.13. The van der Waals surface area contributed by atoms with Crippen LogP contribution in [0.1, 0.15) is 31.8 Å². The molecule has 1 aliphatic rings. The number of piperazine rings is 1. The number of hydrogen-bond donors (Lipinski definition) is 0. The number of rotatable bonds is 4. The molecule has 130 valence electrons. The van der Waals surface area contributed by atoms with Crippen molar-refractivity contribution in [3.63, 3.8) is 0 Å². The summed E-state index contributed by atoms with van der Waals surface area (Å²) in [6, 6.07) is 2.11. The number of aromatic nitrogens is 3. The molecular formula is C17H25N5OS. The Labute approximate surface area is 147 Å². The molecule has 7 heteroatoms. The fourth-order valence-corrected chi connectivity index (χ4v) is 4.07. The molecule has 0 N–H and O–H groups in total. The Morgan fingerprint density at radius 2 is 1.83 bits per heavy atom. The van der Waals surface area contributed by atoms with Crippen molar-refractivity contribution in [2.75, 3.05) is 32.7 Å². The van der Waals surface area contributed by atoms with E-state index < -0.39 is 0 Å². The summed E-state index contributed by atoms with van der Waals surface area (Å²) in [4.78, 5) is 22.2. The van der Waals surface area contributed by atoms with Crippen molar-refractivity contribution < 1.29 is 4.79 Å². The summed E-state index contributed by atoms with van der Waals surface area (Å²) >= 11 is 1.50. The number of carbonyl (C=O) groups is 1. The first-order chi connectivity index (χ1) is 11.4. The molecule has 1 aliphatic heterocycles. The molecule has 0 bridgehead atoms. The molecule has 1 saturated heterocycles. The van der Waals surface area contributed by atoms with Gasteiger partial charge in [-0.15, -0.1) is 11.3 Å². The zero-order valence-electron chi connectivity index (χ0n) is 14.9. The van der Waals surface area contributed by atoms with Crippen molar-refractivity contribution in [3.05, 3.63) is 33.0 Å². The molecule has 0 aromatic carbocycles. The smallest absolute Gasteiger partial charge is 0.265 e. The van der Waals surface area contributed by atoms with E-state index in [-0.39, 0.29) is 5.91 Å². The van der Waals surface area contributed by atoms with Gasteiger partial charge in [-0.25, -0.2) is 4.98 Å². The molecule has 2 aromatic heterocycles. The third-order valence-electron chi connectivity index (χ3n) is 4.49. The summed E-state index contributed by atoms with van der Waals surface area (Å²) in [5.74, 6) is 0.135. The summed E-state index contributed by atoms with van der Waals surface area (Å²) in [6.07, 6.45) is 0. The quantitative estimate of drug-likeness (QED) is 0.849. The number of aryl methyl sites for hydroxylation is 4. The van der Waals surface area contributed by atoms with E-state index in [2.05, 4.69) is 32.7 Å². The van der Waals surface area contributed by atoms with Gasteiger partial charge in [0.25, 0.3) is 5.91 Å². The lowest BCUT2D eigenvalue weighted by Crippen LogP contribution is -2.49. The van der Waals surface area contributed by atoms with Gasteiger partial charge in [-0.3, -0.25) is 14.4 Å². The standard InChI is InChI=1S/C17H25N5OS/c1-12-11-13(2)22(19-12)10-7-20-5-8-21(9-6-20)17(23)16-14(3)18-15(4)24-16/h11H,5-10H2,1-4H3. The van der Waals surface area contributed by atoms with E-state index in [1.807, 2.05) is 25.7 Å². The molecule has 2 aromatic rings. The highest BCUT2D eigenvalue weighted by atomic mass is 32.1. The molecule has 1 amide bonds. The van der Waals surface area contributed by atoms with Crippen molar-refractivity contribution in [1.29, 1.82) is 0 Å². The second-order valence-corrected chi connectivity index (χ2v) is 7.63. The molecule has 0 aliphatic carbocycles. The van der Waals surface area contributed by atoms with Crippen LogP contribution in [0.5, 0.6) is 0 Å². The summed E-state index contributed by atoms with van der Waals surface area (Å²) < 4.78 is 2.07. The minimum Gasteiger partial charge on any atom is -0.335 e. The van der Waals surface area contributed by atoms with Crippen molar-refractivity contribution in [2.45, 2.75) is 34.2 Å². The van der Waals surface area contributed by atoms with Crippen LogP contribution < -0.4 is 0 Å². The van der Waals surface area contributed by atoms with E-state index in [4.69, 9.17) is 0 Å². The van der Waals surface area contributed by atoms with Crippen molar-refractivity contribution in [3.8, 4) is 0 Å². The number of hydrogen-bond acceptors (Lipinski definition) is 5. The zero-order chi connectivity index (χ0) is 17.3. The molecule has 0 saturated carbocycles. The van der Waals surface area contributed by atoms with Gasteiger partial charge in [0, 0.05) is 38.4 Å². The van der Waals surface area contributed by atoms with Gasteiger partial charge in [-0.1, -0.05) is 0 Å². The van der Waals surface area contributed by atoms with Crippen LogP contribution in [-0.4, -0.2) is 63.2 Å². The van der Waals surface area contributed by atoms with Crippen LogP contribution in [0.2, 0.25) is 0 Å². The van der Waals surface area contributed by atoms with Gasteiger partial charge in [-0.2, -0.15) is 5.10 Å². The van der Waals surface area contributed by atoms with Crippen LogP contribution in [0.3, 0.4) is 0 Å². The lowest BCUT2D eigenvalue weighted by atomic mass is 10.2. The monoisotopic (exact) mass is 347 g/mol. The second kappa shape index (κ2) is 7.03. The number of thiazole rings is 1. The molecule has 6 nitrogen and oxygen atoms in total. The average Bonchev–Trinajstić information content (AvgIpc) is 3.05. The maximum atomic E-state index is 12.6. The Morgan fingerprint density at radius 1 is 1.12 bits per heavy atom. The van der Waals surface area contributed by atoms with Crippen LogP contribution in [0, 0.1) is 27.7 Å². The highest BCUT2D eigenvalue weighted by Gasteiger charge is 2.24. The van der Waals surface area contributed by atoms with Gasteiger partial charge in [0.05, 0.1) is 22.9 Å². The fraction of sp³-hybridized carbons (Fsp3) is 0.588. The predicted molar refractivity (Wildman–Crippen MR) is 95.6 cm³/mol. The third kappa shape index (κ3) is 3.67. The zero-order valence-corrected chi connectivity index (χ0v) is 15.7.